The third-order valence-electron chi connectivity index (χ3n) is 4.13. The molecule has 3 heteroatoms. The maximum Gasteiger partial charge on any atom is 0.111 e. The van der Waals surface area contributed by atoms with E-state index in [1.165, 1.54) is 34.0 Å². The Morgan fingerprint density at radius 2 is 1.90 bits per heavy atom. The second kappa shape index (κ2) is 5.66. The van der Waals surface area contributed by atoms with E-state index in [0.717, 1.165) is 0 Å². The highest BCUT2D eigenvalue weighted by Gasteiger charge is 2.31. The van der Waals surface area contributed by atoms with Gasteiger partial charge >= 0.3 is 0 Å². The molecule has 2 atom stereocenters. The Bertz CT molecular complexity index is 552. The minimum atomic E-state index is 0.335. The molecule has 0 amide bonds. The molecule has 2 unspecified atom stereocenters. The minimum absolute atomic E-state index is 0.335. The lowest BCUT2D eigenvalue weighted by molar-refractivity contribution is 0.461. The maximum atomic E-state index is 4.79. The van der Waals surface area contributed by atoms with Gasteiger partial charge in [0.25, 0.3) is 0 Å². The molecule has 1 fully saturated rings. The van der Waals surface area contributed by atoms with Crippen LogP contribution in [0.5, 0.6) is 0 Å². The van der Waals surface area contributed by atoms with Gasteiger partial charge in [0.15, 0.2) is 0 Å². The van der Waals surface area contributed by atoms with Gasteiger partial charge in [-0.3, -0.25) is 0 Å². The summed E-state index contributed by atoms with van der Waals surface area (Å²) in [5.74, 6) is 0.446. The molecule has 1 aromatic heterocycles. The van der Waals surface area contributed by atoms with Crippen molar-refractivity contribution in [2.45, 2.75) is 51.6 Å². The fraction of sp³-hybridized carbons (Fsp3) is 0.471. The lowest BCUT2D eigenvalue weighted by Crippen LogP contribution is -2.27. The quantitative estimate of drug-likeness (QED) is 0.883. The number of aryl methyl sites for hydroxylation is 2. The zero-order chi connectivity index (χ0) is 14.1. The molecule has 1 saturated carbocycles. The Morgan fingerprint density at radius 1 is 1.20 bits per heavy atom. The van der Waals surface area contributed by atoms with Gasteiger partial charge in [0.2, 0.25) is 0 Å². The van der Waals surface area contributed by atoms with E-state index in [4.69, 9.17) is 4.98 Å². The van der Waals surface area contributed by atoms with Gasteiger partial charge in [-0.25, -0.2) is 4.98 Å². The number of benzene rings is 1. The molecule has 2 nitrogen and oxygen atoms in total. The molecule has 1 heterocycles. The Balaban J connectivity index is 1.89. The highest BCUT2D eigenvalue weighted by atomic mass is 32.1. The summed E-state index contributed by atoms with van der Waals surface area (Å²) in [6, 6.07) is 11.8. The molecule has 0 saturated heterocycles. The van der Waals surface area contributed by atoms with E-state index in [-0.39, 0.29) is 0 Å². The summed E-state index contributed by atoms with van der Waals surface area (Å²) in [6.45, 7) is 6.58. The first-order valence-corrected chi connectivity index (χ1v) is 8.21. The van der Waals surface area contributed by atoms with Crippen LogP contribution in [0.25, 0.3) is 0 Å². The third-order valence-corrected chi connectivity index (χ3v) is 5.29. The standard InChI is InChI=1S/C17H22N2S/c1-11(14-7-5-4-6-8-14)16(19-15-9-10-15)17-18-12(2)13(3)20-17/h4-8,11,15-16,19H,9-10H2,1-3H3. The van der Waals surface area contributed by atoms with Gasteiger partial charge in [-0.15, -0.1) is 11.3 Å². The van der Waals surface area contributed by atoms with Crippen LogP contribution in [0.2, 0.25) is 0 Å². The summed E-state index contributed by atoms with van der Waals surface area (Å²) in [6.07, 6.45) is 2.61. The Morgan fingerprint density at radius 3 is 2.45 bits per heavy atom. The van der Waals surface area contributed by atoms with Crippen molar-refractivity contribution in [3.8, 4) is 0 Å². The third kappa shape index (κ3) is 2.94. The fourth-order valence-corrected chi connectivity index (χ4v) is 3.60. The van der Waals surface area contributed by atoms with Gasteiger partial charge in [-0.2, -0.15) is 0 Å². The second-order valence-electron chi connectivity index (χ2n) is 5.81. The van der Waals surface area contributed by atoms with Crippen LogP contribution >= 0.6 is 11.3 Å². The molecule has 1 aliphatic carbocycles. The molecule has 20 heavy (non-hydrogen) atoms. The van der Waals surface area contributed by atoms with E-state index in [1.807, 2.05) is 11.3 Å². The van der Waals surface area contributed by atoms with E-state index in [1.54, 1.807) is 0 Å². The predicted octanol–water partition coefficient (Wildman–Crippen LogP) is 4.36. The van der Waals surface area contributed by atoms with Gasteiger partial charge < -0.3 is 5.32 Å². The summed E-state index contributed by atoms with van der Waals surface area (Å²) in [5, 5.41) is 5.03. The van der Waals surface area contributed by atoms with Gasteiger partial charge in [-0.05, 0) is 32.3 Å². The van der Waals surface area contributed by atoms with Crippen LogP contribution in [0.4, 0.5) is 0 Å². The summed E-state index contributed by atoms with van der Waals surface area (Å²) in [4.78, 5) is 6.13. The van der Waals surface area contributed by atoms with Crippen LogP contribution in [-0.4, -0.2) is 11.0 Å². The largest absolute Gasteiger partial charge is 0.305 e. The van der Waals surface area contributed by atoms with Crippen molar-refractivity contribution in [1.29, 1.82) is 0 Å². The van der Waals surface area contributed by atoms with Crippen LogP contribution in [0.3, 0.4) is 0 Å². The van der Waals surface area contributed by atoms with Gasteiger partial charge in [0, 0.05) is 16.8 Å². The van der Waals surface area contributed by atoms with E-state index in [2.05, 4.69) is 56.4 Å². The topological polar surface area (TPSA) is 24.9 Å². The van der Waals surface area contributed by atoms with Crippen LogP contribution in [0, 0.1) is 13.8 Å². The Hall–Kier alpha value is -1.19. The Kier molecular flexibility index (Phi) is 3.90. The molecular formula is C17H22N2S. The number of aromatic nitrogens is 1. The van der Waals surface area contributed by atoms with Crippen LogP contribution in [-0.2, 0) is 0 Å². The molecule has 0 radical (unpaired) electrons. The smallest absolute Gasteiger partial charge is 0.111 e. The fourth-order valence-electron chi connectivity index (χ4n) is 2.51. The number of rotatable bonds is 5. The summed E-state index contributed by atoms with van der Waals surface area (Å²) < 4.78 is 0. The first-order chi connectivity index (χ1) is 9.65. The van der Waals surface area contributed by atoms with Crippen LogP contribution in [0.1, 0.15) is 52.9 Å². The predicted molar refractivity (Wildman–Crippen MR) is 85.3 cm³/mol. The lowest BCUT2D eigenvalue weighted by atomic mass is 9.93. The molecule has 3 rings (SSSR count). The maximum absolute atomic E-state index is 4.79. The zero-order valence-electron chi connectivity index (χ0n) is 12.4. The zero-order valence-corrected chi connectivity index (χ0v) is 13.2. The second-order valence-corrected chi connectivity index (χ2v) is 7.05. The molecule has 2 aromatic rings. The normalized spacial score (nSPS) is 17.9. The Labute approximate surface area is 125 Å². The molecule has 1 aliphatic rings. The number of hydrogen-bond acceptors (Lipinski definition) is 3. The first kappa shape index (κ1) is 13.8. The van der Waals surface area contributed by atoms with E-state index in [0.29, 0.717) is 18.0 Å². The average Bonchev–Trinajstić information content (AvgIpc) is 3.22. The van der Waals surface area contributed by atoms with Gasteiger partial charge in [0.05, 0.1) is 11.7 Å². The van der Waals surface area contributed by atoms with Crippen molar-refractivity contribution in [1.82, 2.24) is 10.3 Å². The summed E-state index contributed by atoms with van der Waals surface area (Å²) in [7, 11) is 0. The lowest BCUT2D eigenvalue weighted by Gasteiger charge is -2.24. The van der Waals surface area contributed by atoms with E-state index in [9.17, 15) is 0 Å². The molecule has 1 N–H and O–H groups in total. The van der Waals surface area contributed by atoms with Crippen molar-refractivity contribution in [3.05, 3.63) is 51.5 Å². The van der Waals surface area contributed by atoms with E-state index >= 15 is 0 Å². The van der Waals surface area contributed by atoms with Gasteiger partial charge in [-0.1, -0.05) is 37.3 Å². The highest BCUT2D eigenvalue weighted by molar-refractivity contribution is 7.11. The number of thiazole rings is 1. The number of hydrogen-bond donors (Lipinski definition) is 1. The van der Waals surface area contributed by atoms with Gasteiger partial charge in [0.1, 0.15) is 5.01 Å². The molecule has 1 aromatic carbocycles. The van der Waals surface area contributed by atoms with Crippen molar-refractivity contribution < 1.29 is 0 Å². The summed E-state index contributed by atoms with van der Waals surface area (Å²) >= 11 is 1.84. The molecule has 0 spiro atoms. The average molecular weight is 286 g/mol. The van der Waals surface area contributed by atoms with Crippen molar-refractivity contribution in [2.24, 2.45) is 0 Å². The van der Waals surface area contributed by atoms with E-state index < -0.39 is 0 Å². The summed E-state index contributed by atoms with van der Waals surface area (Å²) in [5.41, 5.74) is 2.56. The number of nitrogens with one attached hydrogen (secondary N) is 1. The van der Waals surface area contributed by atoms with Crippen molar-refractivity contribution >= 4 is 11.3 Å². The first-order valence-electron chi connectivity index (χ1n) is 7.40. The van der Waals surface area contributed by atoms with Crippen LogP contribution in [0.15, 0.2) is 30.3 Å². The van der Waals surface area contributed by atoms with Crippen molar-refractivity contribution in [3.63, 3.8) is 0 Å². The molecular weight excluding hydrogens is 264 g/mol. The molecule has 0 bridgehead atoms. The van der Waals surface area contributed by atoms with Crippen LogP contribution < -0.4 is 5.32 Å². The monoisotopic (exact) mass is 286 g/mol. The molecule has 0 aliphatic heterocycles. The molecule has 106 valence electrons. The van der Waals surface area contributed by atoms with Crippen molar-refractivity contribution in [2.75, 3.05) is 0 Å². The SMILES string of the molecule is Cc1nc(C(NC2CC2)C(C)c2ccccc2)sc1C. The highest BCUT2D eigenvalue weighted by Crippen LogP contribution is 2.36. The minimum Gasteiger partial charge on any atom is -0.305 e. The number of nitrogens with zero attached hydrogens (tertiary/aromatic N) is 1.